The molecule has 0 unspecified atom stereocenters. The summed E-state index contributed by atoms with van der Waals surface area (Å²) < 4.78 is 6.22. The molecule has 18 heavy (non-hydrogen) atoms. The summed E-state index contributed by atoms with van der Waals surface area (Å²) in [5.41, 5.74) is 2.65. The maximum atomic E-state index is 12.4. The van der Waals surface area contributed by atoms with E-state index in [1.54, 1.807) is 7.11 Å². The fourth-order valence-electron chi connectivity index (χ4n) is 1.82. The zero-order valence-electron chi connectivity index (χ0n) is 10.4. The van der Waals surface area contributed by atoms with Crippen molar-refractivity contribution >= 4 is 33.0 Å². The Balaban J connectivity index is 2.45. The highest BCUT2D eigenvalue weighted by Gasteiger charge is 2.15. The number of halogens is 1. The predicted octanol–water partition coefficient (Wildman–Crippen LogP) is 4.37. The van der Waals surface area contributed by atoms with Crippen LogP contribution in [0.2, 0.25) is 0 Å². The second-order valence-corrected chi connectivity index (χ2v) is 6.53. The number of hydrogen-bond donors (Lipinski definition) is 0. The summed E-state index contributed by atoms with van der Waals surface area (Å²) in [4.78, 5) is 13.1. The van der Waals surface area contributed by atoms with Crippen LogP contribution in [0.5, 0.6) is 5.75 Å². The molecule has 0 aliphatic rings. The SMILES string of the molecule is COc1cc(C)c(C(=O)c2ccc(Br)s2)cc1C. The van der Waals surface area contributed by atoms with E-state index >= 15 is 0 Å². The van der Waals surface area contributed by atoms with Crippen LogP contribution in [-0.4, -0.2) is 12.9 Å². The smallest absolute Gasteiger partial charge is 0.203 e. The lowest BCUT2D eigenvalue weighted by atomic mass is 10.0. The van der Waals surface area contributed by atoms with Gasteiger partial charge in [-0.15, -0.1) is 11.3 Å². The summed E-state index contributed by atoms with van der Waals surface area (Å²) in [5, 5.41) is 0. The molecule has 0 radical (unpaired) electrons. The first-order chi connectivity index (χ1) is 8.52. The molecule has 0 fully saturated rings. The van der Waals surface area contributed by atoms with Gasteiger partial charge < -0.3 is 4.74 Å². The quantitative estimate of drug-likeness (QED) is 0.784. The van der Waals surface area contributed by atoms with Crippen LogP contribution in [0.1, 0.15) is 26.4 Å². The number of hydrogen-bond acceptors (Lipinski definition) is 3. The van der Waals surface area contributed by atoms with E-state index in [1.807, 2.05) is 38.1 Å². The summed E-state index contributed by atoms with van der Waals surface area (Å²) in [7, 11) is 1.64. The minimum absolute atomic E-state index is 0.0638. The van der Waals surface area contributed by atoms with E-state index in [4.69, 9.17) is 4.74 Å². The molecule has 1 aromatic heterocycles. The molecule has 0 spiro atoms. The third-order valence-corrected chi connectivity index (χ3v) is 4.41. The first-order valence-electron chi connectivity index (χ1n) is 5.48. The van der Waals surface area contributed by atoms with Gasteiger partial charge in [0.05, 0.1) is 15.8 Å². The normalized spacial score (nSPS) is 10.4. The third kappa shape index (κ3) is 2.49. The van der Waals surface area contributed by atoms with E-state index in [1.165, 1.54) is 11.3 Å². The van der Waals surface area contributed by atoms with E-state index in [9.17, 15) is 4.79 Å². The van der Waals surface area contributed by atoms with Crippen molar-refractivity contribution in [3.8, 4) is 5.75 Å². The predicted molar refractivity (Wildman–Crippen MR) is 77.9 cm³/mol. The van der Waals surface area contributed by atoms with Gasteiger partial charge in [-0.05, 0) is 65.2 Å². The standard InChI is InChI=1S/C14H13BrO2S/c1-8-7-11(17-3)9(2)6-10(8)14(16)12-4-5-13(15)18-12/h4-7H,1-3H3. The largest absolute Gasteiger partial charge is 0.496 e. The monoisotopic (exact) mass is 324 g/mol. The molecule has 0 saturated carbocycles. The molecule has 2 aromatic rings. The summed E-state index contributed by atoms with van der Waals surface area (Å²) in [6.45, 7) is 3.87. The fraction of sp³-hybridized carbons (Fsp3) is 0.214. The van der Waals surface area contributed by atoms with Crippen LogP contribution in [0.4, 0.5) is 0 Å². The Labute approximate surface area is 119 Å². The Bertz CT molecular complexity index is 602. The second kappa shape index (κ2) is 5.24. The Morgan fingerprint density at radius 3 is 2.50 bits per heavy atom. The number of rotatable bonds is 3. The van der Waals surface area contributed by atoms with Crippen LogP contribution in [0.25, 0.3) is 0 Å². The van der Waals surface area contributed by atoms with Crippen LogP contribution in [0.15, 0.2) is 28.1 Å². The number of carbonyl (C=O) groups excluding carboxylic acids is 1. The van der Waals surface area contributed by atoms with Gasteiger partial charge in [-0.3, -0.25) is 4.79 Å². The highest BCUT2D eigenvalue weighted by molar-refractivity contribution is 9.11. The molecule has 4 heteroatoms. The highest BCUT2D eigenvalue weighted by atomic mass is 79.9. The number of benzene rings is 1. The average molecular weight is 325 g/mol. The highest BCUT2D eigenvalue weighted by Crippen LogP contribution is 2.28. The van der Waals surface area contributed by atoms with E-state index in [2.05, 4.69) is 15.9 Å². The molecule has 1 heterocycles. The lowest BCUT2D eigenvalue weighted by Crippen LogP contribution is -2.03. The molecule has 0 N–H and O–H groups in total. The molecule has 2 nitrogen and oxygen atoms in total. The van der Waals surface area contributed by atoms with Crippen molar-refractivity contribution in [3.05, 3.63) is 49.6 Å². The number of thiophene rings is 1. The molecular formula is C14H13BrO2S. The fourth-order valence-corrected chi connectivity index (χ4v) is 3.16. The van der Waals surface area contributed by atoms with Crippen molar-refractivity contribution in [2.75, 3.05) is 7.11 Å². The zero-order valence-corrected chi connectivity index (χ0v) is 12.8. The molecule has 2 rings (SSSR count). The third-order valence-electron chi connectivity index (χ3n) is 2.78. The maximum Gasteiger partial charge on any atom is 0.203 e. The van der Waals surface area contributed by atoms with E-state index in [-0.39, 0.29) is 5.78 Å². The van der Waals surface area contributed by atoms with Gasteiger partial charge in [-0.2, -0.15) is 0 Å². The minimum atomic E-state index is 0.0638. The van der Waals surface area contributed by atoms with Gasteiger partial charge in [-0.25, -0.2) is 0 Å². The van der Waals surface area contributed by atoms with Gasteiger partial charge in [0.1, 0.15) is 5.75 Å². The molecule has 0 amide bonds. The van der Waals surface area contributed by atoms with Crippen molar-refractivity contribution in [2.45, 2.75) is 13.8 Å². The van der Waals surface area contributed by atoms with Crippen molar-refractivity contribution in [1.29, 1.82) is 0 Å². The zero-order chi connectivity index (χ0) is 13.3. The molecule has 0 bridgehead atoms. The van der Waals surface area contributed by atoms with Crippen molar-refractivity contribution < 1.29 is 9.53 Å². The Kier molecular flexibility index (Phi) is 3.88. The van der Waals surface area contributed by atoms with Crippen LogP contribution in [-0.2, 0) is 0 Å². The first-order valence-corrected chi connectivity index (χ1v) is 7.09. The molecule has 1 aromatic carbocycles. The van der Waals surface area contributed by atoms with Crippen LogP contribution in [0, 0.1) is 13.8 Å². The summed E-state index contributed by atoms with van der Waals surface area (Å²) in [6.07, 6.45) is 0. The summed E-state index contributed by atoms with van der Waals surface area (Å²) >= 11 is 4.83. The molecule has 0 aliphatic heterocycles. The lowest BCUT2D eigenvalue weighted by Gasteiger charge is -2.09. The van der Waals surface area contributed by atoms with Gasteiger partial charge >= 0.3 is 0 Å². The Hall–Kier alpha value is -1.13. The molecule has 0 saturated heterocycles. The molecule has 0 aliphatic carbocycles. The summed E-state index contributed by atoms with van der Waals surface area (Å²) in [5.74, 6) is 0.880. The number of ether oxygens (including phenoxy) is 1. The second-order valence-electron chi connectivity index (χ2n) is 4.07. The summed E-state index contributed by atoms with van der Waals surface area (Å²) in [6, 6.07) is 7.54. The van der Waals surface area contributed by atoms with Gasteiger partial charge in [0, 0.05) is 5.56 Å². The van der Waals surface area contributed by atoms with E-state index in [0.29, 0.717) is 0 Å². The van der Waals surface area contributed by atoms with Crippen molar-refractivity contribution in [3.63, 3.8) is 0 Å². The van der Waals surface area contributed by atoms with Crippen molar-refractivity contribution in [2.24, 2.45) is 0 Å². The minimum Gasteiger partial charge on any atom is -0.496 e. The van der Waals surface area contributed by atoms with Gasteiger partial charge in [0.25, 0.3) is 0 Å². The molecule has 0 atom stereocenters. The average Bonchev–Trinajstić information content (AvgIpc) is 2.77. The van der Waals surface area contributed by atoms with Crippen LogP contribution >= 0.6 is 27.3 Å². The number of aryl methyl sites for hydroxylation is 2. The van der Waals surface area contributed by atoms with E-state index in [0.717, 1.165) is 31.1 Å². The number of ketones is 1. The molecular weight excluding hydrogens is 312 g/mol. The first kappa shape index (κ1) is 13.3. The van der Waals surface area contributed by atoms with Gasteiger partial charge in [0.15, 0.2) is 0 Å². The van der Waals surface area contributed by atoms with Crippen LogP contribution in [0.3, 0.4) is 0 Å². The Morgan fingerprint density at radius 1 is 1.22 bits per heavy atom. The topological polar surface area (TPSA) is 26.3 Å². The molecule has 94 valence electrons. The van der Waals surface area contributed by atoms with Crippen molar-refractivity contribution in [1.82, 2.24) is 0 Å². The number of carbonyl (C=O) groups is 1. The van der Waals surface area contributed by atoms with Gasteiger partial charge in [0.2, 0.25) is 5.78 Å². The lowest BCUT2D eigenvalue weighted by molar-refractivity contribution is 0.104. The Morgan fingerprint density at radius 2 is 1.94 bits per heavy atom. The van der Waals surface area contributed by atoms with Gasteiger partial charge in [-0.1, -0.05) is 0 Å². The number of methoxy groups -OCH3 is 1. The van der Waals surface area contributed by atoms with Crippen LogP contribution < -0.4 is 4.74 Å². The maximum absolute atomic E-state index is 12.4. The van der Waals surface area contributed by atoms with E-state index < -0.39 is 0 Å².